The van der Waals surface area contributed by atoms with Crippen LogP contribution in [0.25, 0.3) is 0 Å². The van der Waals surface area contributed by atoms with Crippen molar-refractivity contribution in [3.63, 3.8) is 0 Å². The van der Waals surface area contributed by atoms with Crippen molar-refractivity contribution in [1.82, 2.24) is 9.21 Å². The van der Waals surface area contributed by atoms with Crippen LogP contribution in [0.3, 0.4) is 0 Å². The number of likely N-dealkylation sites (N-methyl/N-ethyl adjacent to an activating group) is 1. The van der Waals surface area contributed by atoms with Gasteiger partial charge in [0.05, 0.1) is 25.6 Å². The van der Waals surface area contributed by atoms with Gasteiger partial charge in [0, 0.05) is 33.2 Å². The molecule has 1 heterocycles. The van der Waals surface area contributed by atoms with E-state index in [-0.39, 0.29) is 12.5 Å². The number of piperazine rings is 1. The molecular weight excluding hydrogens is 318 g/mol. The summed E-state index contributed by atoms with van der Waals surface area (Å²) >= 11 is 0. The number of hydrogen-bond donors (Lipinski definition) is 0. The predicted octanol–water partition coefficient (Wildman–Crippen LogP) is 0.235. The number of ether oxygens (including phenoxy) is 1. The summed E-state index contributed by atoms with van der Waals surface area (Å²) in [6.07, 6.45) is 1.10. The third-order valence-electron chi connectivity index (χ3n) is 3.98. The summed E-state index contributed by atoms with van der Waals surface area (Å²) in [7, 11) is -0.287. The van der Waals surface area contributed by atoms with Gasteiger partial charge in [0.15, 0.2) is 0 Å². The number of para-hydroxylation sites is 2. The van der Waals surface area contributed by atoms with E-state index in [1.807, 2.05) is 24.3 Å². The van der Waals surface area contributed by atoms with Crippen LogP contribution in [0.5, 0.6) is 5.75 Å². The van der Waals surface area contributed by atoms with Crippen LogP contribution >= 0.6 is 0 Å². The molecule has 0 spiro atoms. The van der Waals surface area contributed by atoms with Gasteiger partial charge >= 0.3 is 0 Å². The van der Waals surface area contributed by atoms with E-state index >= 15 is 0 Å². The number of sulfonamides is 1. The van der Waals surface area contributed by atoms with Gasteiger partial charge in [-0.1, -0.05) is 12.1 Å². The zero-order valence-corrected chi connectivity index (χ0v) is 14.5. The minimum Gasteiger partial charge on any atom is -0.495 e. The van der Waals surface area contributed by atoms with E-state index in [0.29, 0.717) is 26.2 Å². The Hall–Kier alpha value is -1.80. The highest BCUT2D eigenvalue weighted by atomic mass is 32.2. The highest BCUT2D eigenvalue weighted by molar-refractivity contribution is 7.88. The molecule has 2 rings (SSSR count). The van der Waals surface area contributed by atoms with E-state index in [9.17, 15) is 13.2 Å². The molecule has 1 aliphatic rings. The van der Waals surface area contributed by atoms with Crippen molar-refractivity contribution in [2.24, 2.45) is 0 Å². The van der Waals surface area contributed by atoms with Crippen LogP contribution in [0.15, 0.2) is 24.3 Å². The zero-order valence-electron chi connectivity index (χ0n) is 13.7. The molecule has 7 nitrogen and oxygen atoms in total. The summed E-state index contributed by atoms with van der Waals surface area (Å²) in [5.74, 6) is 0.640. The fourth-order valence-corrected chi connectivity index (χ4v) is 2.84. The SMILES string of the molecule is COc1ccccc1N1CCN(C(=O)CN(C)S(C)(=O)=O)CC1. The Morgan fingerprint density at radius 2 is 1.83 bits per heavy atom. The molecular formula is C15H23N3O4S. The second-order valence-electron chi connectivity index (χ2n) is 5.56. The minimum absolute atomic E-state index is 0.118. The normalized spacial score (nSPS) is 15.8. The maximum atomic E-state index is 12.2. The van der Waals surface area contributed by atoms with Crippen molar-refractivity contribution < 1.29 is 17.9 Å². The Kier molecular flexibility index (Phi) is 5.48. The van der Waals surface area contributed by atoms with Crippen LogP contribution in [0, 0.1) is 0 Å². The topological polar surface area (TPSA) is 70.2 Å². The lowest BCUT2D eigenvalue weighted by atomic mass is 10.2. The van der Waals surface area contributed by atoms with Crippen molar-refractivity contribution in [3.05, 3.63) is 24.3 Å². The zero-order chi connectivity index (χ0) is 17.0. The molecule has 1 amide bonds. The van der Waals surface area contributed by atoms with Gasteiger partial charge in [-0.2, -0.15) is 4.31 Å². The number of rotatable bonds is 5. The first-order valence-electron chi connectivity index (χ1n) is 7.40. The number of hydrogen-bond acceptors (Lipinski definition) is 5. The number of nitrogens with zero attached hydrogens (tertiary/aromatic N) is 3. The summed E-state index contributed by atoms with van der Waals surface area (Å²) in [6.45, 7) is 2.39. The first-order valence-corrected chi connectivity index (χ1v) is 9.25. The predicted molar refractivity (Wildman–Crippen MR) is 89.3 cm³/mol. The van der Waals surface area contributed by atoms with Gasteiger partial charge in [-0.3, -0.25) is 4.79 Å². The third-order valence-corrected chi connectivity index (χ3v) is 5.24. The summed E-state index contributed by atoms with van der Waals surface area (Å²) in [4.78, 5) is 16.1. The van der Waals surface area contributed by atoms with Gasteiger partial charge in [0.2, 0.25) is 15.9 Å². The number of carbonyl (C=O) groups excluding carboxylic acids is 1. The van der Waals surface area contributed by atoms with Gasteiger partial charge in [-0.25, -0.2) is 8.42 Å². The Morgan fingerprint density at radius 3 is 2.39 bits per heavy atom. The highest BCUT2D eigenvalue weighted by Gasteiger charge is 2.25. The minimum atomic E-state index is -3.34. The van der Waals surface area contributed by atoms with Gasteiger partial charge in [-0.15, -0.1) is 0 Å². The smallest absolute Gasteiger partial charge is 0.238 e. The van der Waals surface area contributed by atoms with Crippen LogP contribution in [0.1, 0.15) is 0 Å². The monoisotopic (exact) mass is 341 g/mol. The molecule has 1 aliphatic heterocycles. The number of carbonyl (C=O) groups is 1. The second-order valence-corrected chi connectivity index (χ2v) is 7.65. The Labute approximate surface area is 137 Å². The number of benzene rings is 1. The van der Waals surface area contributed by atoms with Crippen molar-refractivity contribution in [3.8, 4) is 5.75 Å². The molecule has 0 aliphatic carbocycles. The van der Waals surface area contributed by atoms with E-state index in [0.717, 1.165) is 22.0 Å². The van der Waals surface area contributed by atoms with Crippen molar-refractivity contribution >= 4 is 21.6 Å². The molecule has 0 atom stereocenters. The first kappa shape index (κ1) is 17.6. The number of amides is 1. The molecule has 1 aromatic carbocycles. The maximum Gasteiger partial charge on any atom is 0.238 e. The third kappa shape index (κ3) is 4.35. The average Bonchev–Trinajstić information content (AvgIpc) is 2.54. The van der Waals surface area contributed by atoms with Crippen molar-refractivity contribution in [2.45, 2.75) is 0 Å². The Morgan fingerprint density at radius 1 is 1.22 bits per heavy atom. The van der Waals surface area contributed by atoms with Crippen LogP contribution in [-0.2, 0) is 14.8 Å². The lowest BCUT2D eigenvalue weighted by molar-refractivity contribution is -0.131. The first-order chi connectivity index (χ1) is 10.8. The van der Waals surface area contributed by atoms with Crippen LogP contribution in [-0.4, -0.2) is 76.7 Å². The number of methoxy groups -OCH3 is 1. The summed E-state index contributed by atoms with van der Waals surface area (Å²) < 4.78 is 29.2. The lowest BCUT2D eigenvalue weighted by Crippen LogP contribution is -2.51. The van der Waals surface area contributed by atoms with E-state index in [1.54, 1.807) is 12.0 Å². The Bertz CT molecular complexity index is 654. The molecule has 0 unspecified atom stereocenters. The summed E-state index contributed by atoms with van der Waals surface area (Å²) in [5, 5.41) is 0. The largest absolute Gasteiger partial charge is 0.495 e. The summed E-state index contributed by atoms with van der Waals surface area (Å²) in [5.41, 5.74) is 1.01. The molecule has 23 heavy (non-hydrogen) atoms. The summed E-state index contributed by atoms with van der Waals surface area (Å²) in [6, 6.07) is 7.78. The fraction of sp³-hybridized carbons (Fsp3) is 0.533. The molecule has 0 aromatic heterocycles. The maximum absolute atomic E-state index is 12.2. The molecule has 0 saturated carbocycles. The quantitative estimate of drug-likeness (QED) is 0.767. The van der Waals surface area contributed by atoms with Gasteiger partial charge in [0.25, 0.3) is 0 Å². The molecule has 0 radical (unpaired) electrons. The Balaban J connectivity index is 1.95. The average molecular weight is 341 g/mol. The molecule has 1 saturated heterocycles. The van der Waals surface area contributed by atoms with Crippen molar-refractivity contribution in [2.75, 3.05) is 58.0 Å². The molecule has 0 bridgehead atoms. The van der Waals surface area contributed by atoms with E-state index in [4.69, 9.17) is 4.74 Å². The molecule has 8 heteroatoms. The standard InChI is InChI=1S/C15H23N3O4S/c1-16(23(3,20)21)12-15(19)18-10-8-17(9-11-18)13-6-4-5-7-14(13)22-2/h4-7H,8-12H2,1-3H3. The van der Waals surface area contributed by atoms with Crippen LogP contribution in [0.2, 0.25) is 0 Å². The second kappa shape index (κ2) is 7.18. The molecule has 1 aromatic rings. The molecule has 128 valence electrons. The highest BCUT2D eigenvalue weighted by Crippen LogP contribution is 2.28. The van der Waals surface area contributed by atoms with Gasteiger partial charge < -0.3 is 14.5 Å². The van der Waals surface area contributed by atoms with Crippen LogP contribution in [0.4, 0.5) is 5.69 Å². The fourth-order valence-electron chi connectivity index (χ4n) is 2.50. The van der Waals surface area contributed by atoms with E-state index in [2.05, 4.69) is 4.90 Å². The number of anilines is 1. The van der Waals surface area contributed by atoms with E-state index < -0.39 is 10.0 Å². The molecule has 0 N–H and O–H groups in total. The molecule has 1 fully saturated rings. The van der Waals surface area contributed by atoms with Crippen LogP contribution < -0.4 is 9.64 Å². The van der Waals surface area contributed by atoms with Crippen molar-refractivity contribution in [1.29, 1.82) is 0 Å². The lowest BCUT2D eigenvalue weighted by Gasteiger charge is -2.37. The van der Waals surface area contributed by atoms with Gasteiger partial charge in [-0.05, 0) is 12.1 Å². The van der Waals surface area contributed by atoms with Gasteiger partial charge in [0.1, 0.15) is 5.75 Å². The van der Waals surface area contributed by atoms with E-state index in [1.165, 1.54) is 7.05 Å².